The SMILES string of the molecule is C/C=C/OCC1(CC)CCCCS1=O. The largest absolute Gasteiger partial charge is 0.500 e. The minimum Gasteiger partial charge on any atom is -0.500 e. The van der Waals surface area contributed by atoms with Crippen molar-refractivity contribution in [2.24, 2.45) is 0 Å². The molecule has 0 amide bonds. The maximum absolute atomic E-state index is 11.9. The molecule has 2 nitrogen and oxygen atoms in total. The van der Waals surface area contributed by atoms with Gasteiger partial charge >= 0.3 is 0 Å². The van der Waals surface area contributed by atoms with Crippen LogP contribution in [0.4, 0.5) is 0 Å². The topological polar surface area (TPSA) is 26.3 Å². The first-order chi connectivity index (χ1) is 6.75. The normalized spacial score (nSPS) is 33.4. The van der Waals surface area contributed by atoms with Crippen molar-refractivity contribution in [2.45, 2.75) is 44.3 Å². The smallest absolute Gasteiger partial charge is 0.104 e. The highest BCUT2D eigenvalue weighted by molar-refractivity contribution is 7.86. The van der Waals surface area contributed by atoms with Crippen molar-refractivity contribution in [2.75, 3.05) is 12.4 Å². The predicted molar refractivity (Wildman–Crippen MR) is 60.6 cm³/mol. The highest BCUT2D eigenvalue weighted by atomic mass is 32.2. The molecule has 0 aliphatic carbocycles. The van der Waals surface area contributed by atoms with E-state index in [0.717, 1.165) is 25.0 Å². The van der Waals surface area contributed by atoms with Gasteiger partial charge in [-0.2, -0.15) is 0 Å². The molecular formula is C11H20O2S. The van der Waals surface area contributed by atoms with E-state index in [0.29, 0.717) is 6.61 Å². The van der Waals surface area contributed by atoms with Gasteiger partial charge in [-0.1, -0.05) is 19.4 Å². The summed E-state index contributed by atoms with van der Waals surface area (Å²) in [7, 11) is -0.699. The Kier molecular flexibility index (Phi) is 4.66. The monoisotopic (exact) mass is 216 g/mol. The van der Waals surface area contributed by atoms with Gasteiger partial charge in [0.2, 0.25) is 0 Å². The van der Waals surface area contributed by atoms with Gasteiger partial charge in [-0.25, -0.2) is 0 Å². The third-order valence-electron chi connectivity index (χ3n) is 2.92. The molecule has 2 atom stereocenters. The molecule has 14 heavy (non-hydrogen) atoms. The van der Waals surface area contributed by atoms with E-state index in [-0.39, 0.29) is 4.75 Å². The molecule has 0 bridgehead atoms. The molecule has 1 fully saturated rings. The Morgan fingerprint density at radius 3 is 2.86 bits per heavy atom. The van der Waals surface area contributed by atoms with E-state index in [1.807, 2.05) is 13.0 Å². The van der Waals surface area contributed by atoms with Crippen LogP contribution in [0.5, 0.6) is 0 Å². The summed E-state index contributed by atoms with van der Waals surface area (Å²) in [4.78, 5) is 0. The van der Waals surface area contributed by atoms with Crippen molar-refractivity contribution in [3.63, 3.8) is 0 Å². The van der Waals surface area contributed by atoms with Gasteiger partial charge in [-0.3, -0.25) is 4.21 Å². The van der Waals surface area contributed by atoms with Crippen molar-refractivity contribution < 1.29 is 8.95 Å². The summed E-state index contributed by atoms with van der Waals surface area (Å²) in [5.41, 5.74) is 0. The maximum Gasteiger partial charge on any atom is 0.104 e. The molecule has 2 unspecified atom stereocenters. The summed E-state index contributed by atoms with van der Waals surface area (Å²) in [5, 5.41) is 0. The molecule has 1 saturated heterocycles. The van der Waals surface area contributed by atoms with Crippen molar-refractivity contribution in [3.8, 4) is 0 Å². The third-order valence-corrected chi connectivity index (χ3v) is 5.15. The number of hydrogen-bond donors (Lipinski definition) is 0. The second kappa shape index (κ2) is 5.54. The van der Waals surface area contributed by atoms with Crippen LogP contribution in [-0.2, 0) is 15.5 Å². The molecule has 0 N–H and O–H groups in total. The predicted octanol–water partition coefficient (Wildman–Crippen LogP) is 2.62. The number of ether oxygens (including phenoxy) is 1. The lowest BCUT2D eigenvalue weighted by Gasteiger charge is -2.34. The molecule has 1 rings (SSSR count). The maximum atomic E-state index is 11.9. The Morgan fingerprint density at radius 2 is 2.29 bits per heavy atom. The minimum absolute atomic E-state index is 0.0717. The first kappa shape index (κ1) is 11.8. The zero-order valence-corrected chi connectivity index (χ0v) is 9.94. The van der Waals surface area contributed by atoms with Crippen molar-refractivity contribution in [1.82, 2.24) is 0 Å². The van der Waals surface area contributed by atoms with E-state index < -0.39 is 10.8 Å². The molecule has 0 saturated carbocycles. The molecular weight excluding hydrogens is 196 g/mol. The van der Waals surface area contributed by atoms with E-state index >= 15 is 0 Å². The van der Waals surface area contributed by atoms with Crippen molar-refractivity contribution in [3.05, 3.63) is 12.3 Å². The first-order valence-electron chi connectivity index (χ1n) is 5.36. The van der Waals surface area contributed by atoms with Crippen LogP contribution in [0.1, 0.15) is 39.5 Å². The molecule has 1 heterocycles. The van der Waals surface area contributed by atoms with Gasteiger partial charge in [0.1, 0.15) is 6.61 Å². The molecule has 0 aromatic heterocycles. The van der Waals surface area contributed by atoms with Crippen LogP contribution in [-0.4, -0.2) is 21.3 Å². The zero-order valence-electron chi connectivity index (χ0n) is 9.12. The van der Waals surface area contributed by atoms with E-state index in [2.05, 4.69) is 6.92 Å². The summed E-state index contributed by atoms with van der Waals surface area (Å²) >= 11 is 0. The Balaban J connectivity index is 2.58. The lowest BCUT2D eigenvalue weighted by atomic mass is 9.98. The number of rotatable bonds is 4. The van der Waals surface area contributed by atoms with Crippen LogP contribution in [0, 0.1) is 0 Å². The molecule has 3 heteroatoms. The van der Waals surface area contributed by atoms with Crippen LogP contribution in [0.2, 0.25) is 0 Å². The van der Waals surface area contributed by atoms with Crippen LogP contribution in [0.3, 0.4) is 0 Å². The Bertz CT molecular complexity index is 225. The molecule has 1 aliphatic rings. The van der Waals surface area contributed by atoms with Crippen LogP contribution in [0.15, 0.2) is 12.3 Å². The lowest BCUT2D eigenvalue weighted by molar-refractivity contribution is 0.196. The average Bonchev–Trinajstić information content (AvgIpc) is 2.21. The van der Waals surface area contributed by atoms with Gasteiger partial charge in [0.15, 0.2) is 0 Å². The Labute approximate surface area is 89.2 Å². The van der Waals surface area contributed by atoms with E-state index in [9.17, 15) is 4.21 Å². The van der Waals surface area contributed by atoms with E-state index in [4.69, 9.17) is 4.74 Å². The quantitative estimate of drug-likeness (QED) is 0.675. The zero-order chi connectivity index (χ0) is 10.4. The van der Waals surface area contributed by atoms with Crippen molar-refractivity contribution >= 4 is 10.8 Å². The summed E-state index contributed by atoms with van der Waals surface area (Å²) in [6.07, 6.45) is 7.87. The highest BCUT2D eigenvalue weighted by Crippen LogP contribution is 2.31. The second-order valence-electron chi connectivity index (χ2n) is 3.82. The Morgan fingerprint density at radius 1 is 1.50 bits per heavy atom. The highest BCUT2D eigenvalue weighted by Gasteiger charge is 2.37. The summed E-state index contributed by atoms with van der Waals surface area (Å²) in [5.74, 6) is 0.854. The van der Waals surface area contributed by atoms with Gasteiger partial charge in [0.05, 0.1) is 11.0 Å². The summed E-state index contributed by atoms with van der Waals surface area (Å²) in [6.45, 7) is 4.65. The molecule has 82 valence electrons. The average molecular weight is 216 g/mol. The van der Waals surface area contributed by atoms with Crippen LogP contribution < -0.4 is 0 Å². The fourth-order valence-corrected chi connectivity index (χ4v) is 3.68. The van der Waals surface area contributed by atoms with E-state index in [1.165, 1.54) is 6.42 Å². The van der Waals surface area contributed by atoms with Gasteiger partial charge in [0.25, 0.3) is 0 Å². The molecule has 0 radical (unpaired) electrons. The molecule has 1 aliphatic heterocycles. The fourth-order valence-electron chi connectivity index (χ4n) is 1.88. The summed E-state index contributed by atoms with van der Waals surface area (Å²) < 4.78 is 17.3. The molecule has 0 spiro atoms. The van der Waals surface area contributed by atoms with Gasteiger partial charge in [0, 0.05) is 16.6 Å². The fraction of sp³-hybridized carbons (Fsp3) is 0.818. The molecule has 0 aromatic rings. The van der Waals surface area contributed by atoms with Gasteiger partial charge in [-0.15, -0.1) is 0 Å². The minimum atomic E-state index is -0.699. The van der Waals surface area contributed by atoms with Crippen molar-refractivity contribution in [1.29, 1.82) is 0 Å². The summed E-state index contributed by atoms with van der Waals surface area (Å²) in [6, 6.07) is 0. The molecule has 0 aromatic carbocycles. The van der Waals surface area contributed by atoms with E-state index in [1.54, 1.807) is 6.26 Å². The van der Waals surface area contributed by atoms with Crippen LogP contribution >= 0.6 is 0 Å². The second-order valence-corrected chi connectivity index (χ2v) is 5.79. The van der Waals surface area contributed by atoms with Gasteiger partial charge in [-0.05, 0) is 26.2 Å². The third kappa shape index (κ3) is 2.59. The lowest BCUT2D eigenvalue weighted by Crippen LogP contribution is -2.42. The first-order valence-corrected chi connectivity index (χ1v) is 6.68. The van der Waals surface area contributed by atoms with Gasteiger partial charge < -0.3 is 4.74 Å². The number of allylic oxidation sites excluding steroid dienone is 1. The number of hydrogen-bond acceptors (Lipinski definition) is 2. The standard InChI is InChI=1S/C11H20O2S/c1-3-8-13-10-11(4-2)7-5-6-9-14(11)12/h3,8H,4-7,9-10H2,1-2H3/b8-3+. The van der Waals surface area contributed by atoms with Crippen LogP contribution in [0.25, 0.3) is 0 Å². The Hall–Kier alpha value is -0.310.